The van der Waals surface area contributed by atoms with Gasteiger partial charge in [-0.2, -0.15) is 0 Å². The van der Waals surface area contributed by atoms with Crippen LogP contribution in [0.5, 0.6) is 0 Å². The molecule has 0 N–H and O–H groups in total. The third kappa shape index (κ3) is 2.90. The van der Waals surface area contributed by atoms with Crippen molar-refractivity contribution in [3.05, 3.63) is 35.0 Å². The molecule has 0 fully saturated rings. The molecule has 2 aromatic rings. The van der Waals surface area contributed by atoms with Gasteiger partial charge in [0.15, 0.2) is 5.78 Å². The van der Waals surface area contributed by atoms with E-state index in [1.807, 2.05) is 6.92 Å². The van der Waals surface area contributed by atoms with Gasteiger partial charge < -0.3 is 4.74 Å². The maximum Gasteiger partial charge on any atom is 0.198 e. The average Bonchev–Trinajstić information content (AvgIpc) is 2.72. The zero-order chi connectivity index (χ0) is 12.3. The van der Waals surface area contributed by atoms with Crippen molar-refractivity contribution in [1.82, 2.24) is 0 Å². The minimum atomic E-state index is -0.277. The van der Waals surface area contributed by atoms with Gasteiger partial charge >= 0.3 is 0 Å². The first-order chi connectivity index (χ1) is 8.20. The highest BCUT2D eigenvalue weighted by molar-refractivity contribution is 7.20. The van der Waals surface area contributed by atoms with Crippen molar-refractivity contribution >= 4 is 27.2 Å². The third-order valence-electron chi connectivity index (χ3n) is 2.34. The van der Waals surface area contributed by atoms with Gasteiger partial charge in [0.2, 0.25) is 0 Å². The van der Waals surface area contributed by atoms with Crippen LogP contribution in [0.1, 0.15) is 23.0 Å². The maximum atomic E-state index is 13.0. The van der Waals surface area contributed by atoms with Crippen LogP contribution in [0.25, 0.3) is 10.1 Å². The second-order valence-corrected chi connectivity index (χ2v) is 4.85. The fraction of sp³-hybridized carbons (Fsp3) is 0.308. The van der Waals surface area contributed by atoms with E-state index in [9.17, 15) is 9.18 Å². The predicted octanol–water partition coefficient (Wildman–Crippen LogP) is 3.65. The number of hydrogen-bond donors (Lipinski definition) is 0. The van der Waals surface area contributed by atoms with Gasteiger partial charge in [0, 0.05) is 11.3 Å². The molecule has 0 saturated carbocycles. The molecule has 0 bridgehead atoms. The lowest BCUT2D eigenvalue weighted by Crippen LogP contribution is -2.07. The van der Waals surface area contributed by atoms with Gasteiger partial charge in [-0.05, 0) is 30.0 Å². The number of rotatable bonds is 5. The van der Waals surface area contributed by atoms with Gasteiger partial charge in [-0.25, -0.2) is 4.39 Å². The molecule has 0 radical (unpaired) electrons. The molecule has 0 aliphatic rings. The van der Waals surface area contributed by atoms with E-state index in [4.69, 9.17) is 4.74 Å². The summed E-state index contributed by atoms with van der Waals surface area (Å²) in [4.78, 5) is 12.4. The topological polar surface area (TPSA) is 26.3 Å². The molecular formula is C13H13FO2S. The van der Waals surface area contributed by atoms with Crippen molar-refractivity contribution in [3.8, 4) is 0 Å². The minimum Gasteiger partial charge on any atom is -0.373 e. The van der Waals surface area contributed by atoms with Crippen molar-refractivity contribution in [2.75, 3.05) is 13.2 Å². The van der Waals surface area contributed by atoms with Crippen LogP contribution in [0.2, 0.25) is 0 Å². The standard InChI is InChI=1S/C13H13FO2S/c1-2-5-16-8-11(15)13-6-9-3-4-10(14)7-12(9)17-13/h3-4,6-7H,2,5,8H2,1H3. The summed E-state index contributed by atoms with van der Waals surface area (Å²) in [5.41, 5.74) is 0. The second-order valence-electron chi connectivity index (χ2n) is 3.77. The Morgan fingerprint density at radius 3 is 3.00 bits per heavy atom. The van der Waals surface area contributed by atoms with Crippen molar-refractivity contribution in [2.24, 2.45) is 0 Å². The fourth-order valence-electron chi connectivity index (χ4n) is 1.52. The first-order valence-corrected chi connectivity index (χ1v) is 6.32. The molecule has 1 aromatic heterocycles. The highest BCUT2D eigenvalue weighted by Gasteiger charge is 2.10. The molecule has 0 unspecified atom stereocenters. The van der Waals surface area contributed by atoms with Crippen molar-refractivity contribution < 1.29 is 13.9 Å². The fourth-order valence-corrected chi connectivity index (χ4v) is 2.53. The van der Waals surface area contributed by atoms with Gasteiger partial charge in [-0.3, -0.25) is 4.79 Å². The molecule has 0 spiro atoms. The van der Waals surface area contributed by atoms with Gasteiger partial charge in [0.25, 0.3) is 0 Å². The number of carbonyl (C=O) groups excluding carboxylic acids is 1. The summed E-state index contributed by atoms with van der Waals surface area (Å²) in [7, 11) is 0. The molecular weight excluding hydrogens is 239 g/mol. The van der Waals surface area contributed by atoms with Crippen LogP contribution in [-0.2, 0) is 4.74 Å². The van der Waals surface area contributed by atoms with Crippen LogP contribution in [0.3, 0.4) is 0 Å². The number of ketones is 1. The zero-order valence-corrected chi connectivity index (χ0v) is 10.3. The number of benzene rings is 1. The number of Topliss-reactive ketones (excluding diaryl/α,β-unsaturated/α-hetero) is 1. The molecule has 0 aliphatic heterocycles. The van der Waals surface area contributed by atoms with Crippen molar-refractivity contribution in [1.29, 1.82) is 0 Å². The van der Waals surface area contributed by atoms with Crippen LogP contribution in [-0.4, -0.2) is 19.0 Å². The van der Waals surface area contributed by atoms with Gasteiger partial charge in [0.1, 0.15) is 12.4 Å². The van der Waals surface area contributed by atoms with Crippen LogP contribution >= 0.6 is 11.3 Å². The van der Waals surface area contributed by atoms with Crippen molar-refractivity contribution in [2.45, 2.75) is 13.3 Å². The molecule has 17 heavy (non-hydrogen) atoms. The monoisotopic (exact) mass is 252 g/mol. The Morgan fingerprint density at radius 1 is 1.41 bits per heavy atom. The molecule has 2 nitrogen and oxygen atoms in total. The highest BCUT2D eigenvalue weighted by Crippen LogP contribution is 2.26. The molecule has 1 heterocycles. The number of ether oxygens (including phenoxy) is 1. The molecule has 2 rings (SSSR count). The molecule has 0 aliphatic carbocycles. The molecule has 4 heteroatoms. The van der Waals surface area contributed by atoms with Crippen LogP contribution in [0.4, 0.5) is 4.39 Å². The number of carbonyl (C=O) groups is 1. The van der Waals surface area contributed by atoms with Crippen LogP contribution in [0, 0.1) is 5.82 Å². The Hall–Kier alpha value is -1.26. The van der Waals surface area contributed by atoms with Crippen molar-refractivity contribution in [3.63, 3.8) is 0 Å². The van der Waals surface area contributed by atoms with Gasteiger partial charge in [0.05, 0.1) is 4.88 Å². The summed E-state index contributed by atoms with van der Waals surface area (Å²) < 4.78 is 19.0. The van der Waals surface area contributed by atoms with E-state index < -0.39 is 0 Å². The SMILES string of the molecule is CCCOCC(=O)c1cc2ccc(F)cc2s1. The Morgan fingerprint density at radius 2 is 2.24 bits per heavy atom. The second kappa shape index (κ2) is 5.38. The normalized spacial score (nSPS) is 10.9. The smallest absolute Gasteiger partial charge is 0.198 e. The van der Waals surface area contributed by atoms with E-state index in [2.05, 4.69) is 0 Å². The molecule has 0 atom stereocenters. The molecule has 1 aromatic carbocycles. The summed E-state index contributed by atoms with van der Waals surface area (Å²) in [6.07, 6.45) is 0.894. The predicted molar refractivity (Wildman–Crippen MR) is 67.2 cm³/mol. The average molecular weight is 252 g/mol. The van der Waals surface area contributed by atoms with Crippen LogP contribution in [0.15, 0.2) is 24.3 Å². The first-order valence-electron chi connectivity index (χ1n) is 5.50. The van der Waals surface area contributed by atoms with E-state index in [-0.39, 0.29) is 18.2 Å². The number of thiophene rings is 1. The highest BCUT2D eigenvalue weighted by atomic mass is 32.1. The van der Waals surface area contributed by atoms with Crippen LogP contribution < -0.4 is 0 Å². The Bertz CT molecular complexity index is 533. The van der Waals surface area contributed by atoms with E-state index in [1.54, 1.807) is 12.1 Å². The lowest BCUT2D eigenvalue weighted by molar-refractivity contribution is 0.0765. The maximum absolute atomic E-state index is 13.0. The van der Waals surface area contributed by atoms with E-state index in [0.717, 1.165) is 16.5 Å². The Kier molecular flexibility index (Phi) is 3.86. The Labute approximate surface area is 103 Å². The summed E-state index contributed by atoms with van der Waals surface area (Å²) in [5, 5.41) is 0.898. The number of halogens is 1. The van der Waals surface area contributed by atoms with E-state index in [0.29, 0.717) is 11.5 Å². The number of hydrogen-bond acceptors (Lipinski definition) is 3. The summed E-state index contributed by atoms with van der Waals surface area (Å²) in [5.74, 6) is -0.319. The molecule has 0 amide bonds. The lowest BCUT2D eigenvalue weighted by atomic mass is 10.2. The lowest BCUT2D eigenvalue weighted by Gasteiger charge is -1.98. The van der Waals surface area contributed by atoms with Gasteiger partial charge in [-0.15, -0.1) is 11.3 Å². The van der Waals surface area contributed by atoms with Gasteiger partial charge in [-0.1, -0.05) is 13.0 Å². The zero-order valence-electron chi connectivity index (χ0n) is 9.53. The molecule has 0 saturated heterocycles. The number of fused-ring (bicyclic) bond motifs is 1. The quantitative estimate of drug-likeness (QED) is 0.599. The third-order valence-corrected chi connectivity index (χ3v) is 3.48. The molecule has 90 valence electrons. The first kappa shape index (κ1) is 12.2. The summed E-state index contributed by atoms with van der Waals surface area (Å²) >= 11 is 1.31. The summed E-state index contributed by atoms with van der Waals surface area (Å²) in [6, 6.07) is 6.32. The largest absolute Gasteiger partial charge is 0.373 e. The Balaban J connectivity index is 2.15. The minimum absolute atomic E-state index is 0.0416. The van der Waals surface area contributed by atoms with E-state index >= 15 is 0 Å². The van der Waals surface area contributed by atoms with E-state index in [1.165, 1.54) is 23.5 Å². The summed E-state index contributed by atoms with van der Waals surface area (Å²) in [6.45, 7) is 2.68.